The van der Waals surface area contributed by atoms with Gasteiger partial charge in [-0.15, -0.1) is 0 Å². The summed E-state index contributed by atoms with van der Waals surface area (Å²) in [6, 6.07) is 6.35. The highest BCUT2D eigenvalue weighted by Crippen LogP contribution is 2.50. The van der Waals surface area contributed by atoms with Crippen molar-refractivity contribution in [2.75, 3.05) is 19.1 Å². The fourth-order valence-corrected chi connectivity index (χ4v) is 5.55. The van der Waals surface area contributed by atoms with Crippen LogP contribution in [0.4, 0.5) is 0 Å². The van der Waals surface area contributed by atoms with Crippen LogP contribution in [0.3, 0.4) is 0 Å². The van der Waals surface area contributed by atoms with Crippen molar-refractivity contribution >= 4 is 25.2 Å². The van der Waals surface area contributed by atoms with Gasteiger partial charge in [0.15, 0.2) is 0 Å². The van der Waals surface area contributed by atoms with E-state index in [1.165, 1.54) is 12.1 Å². The molecule has 2 atom stereocenters. The topological polar surface area (TPSA) is 104 Å². The van der Waals surface area contributed by atoms with Crippen molar-refractivity contribution in [3.63, 3.8) is 0 Å². The van der Waals surface area contributed by atoms with Gasteiger partial charge < -0.3 is 14.4 Å². The Hall–Kier alpha value is -1.98. The number of carbonyl (C=O) groups is 3. The maximum atomic E-state index is 13.2. The van der Waals surface area contributed by atoms with Crippen LogP contribution in [0, 0.1) is 11.8 Å². The summed E-state index contributed by atoms with van der Waals surface area (Å²) in [4.78, 5) is 37.3. The van der Waals surface area contributed by atoms with Crippen molar-refractivity contribution in [2.24, 2.45) is 11.8 Å². The Kier molecular flexibility index (Phi) is 6.37. The lowest BCUT2D eigenvalue weighted by atomic mass is 9.99. The standard InChI is InChI=1S/C18H24NO6P/c1-4-25-26(24,10-13(18(22)23)9-12(2)3)11-19-16(20)14-7-5-6-8-15(14)17(19)21/h5-8,12-13H,4,9-11H2,1-3H3,(H,22,23)/p-1. The van der Waals surface area contributed by atoms with Crippen LogP contribution in [-0.2, 0) is 13.9 Å². The summed E-state index contributed by atoms with van der Waals surface area (Å²) in [5.74, 6) is -3.30. The number of hydrogen-bond acceptors (Lipinski definition) is 6. The molecule has 1 aliphatic heterocycles. The van der Waals surface area contributed by atoms with Crippen molar-refractivity contribution in [3.8, 4) is 0 Å². The first kappa shape index (κ1) is 20.3. The highest BCUT2D eigenvalue weighted by Gasteiger charge is 2.41. The van der Waals surface area contributed by atoms with Crippen LogP contribution >= 0.6 is 7.37 Å². The van der Waals surface area contributed by atoms with E-state index in [9.17, 15) is 24.1 Å². The predicted molar refractivity (Wildman–Crippen MR) is 93.9 cm³/mol. The first-order valence-corrected chi connectivity index (χ1v) is 10.6. The van der Waals surface area contributed by atoms with Gasteiger partial charge in [-0.25, -0.2) is 0 Å². The molecule has 2 amide bonds. The zero-order chi connectivity index (χ0) is 19.5. The molecule has 142 valence electrons. The molecule has 0 spiro atoms. The first-order valence-electron chi connectivity index (χ1n) is 8.57. The molecular weight excluding hydrogens is 357 g/mol. The quantitative estimate of drug-likeness (QED) is 0.479. The van der Waals surface area contributed by atoms with Gasteiger partial charge in [0.25, 0.3) is 11.8 Å². The van der Waals surface area contributed by atoms with Crippen LogP contribution in [0.1, 0.15) is 47.9 Å². The second-order valence-corrected chi connectivity index (χ2v) is 9.32. The summed E-state index contributed by atoms with van der Waals surface area (Å²) in [6.45, 7) is 5.42. The maximum absolute atomic E-state index is 13.2. The summed E-state index contributed by atoms with van der Waals surface area (Å²) in [5.41, 5.74) is 0.498. The molecule has 1 aromatic rings. The lowest BCUT2D eigenvalue weighted by Gasteiger charge is -2.28. The number of amides is 2. The average Bonchev–Trinajstić information content (AvgIpc) is 2.79. The van der Waals surface area contributed by atoms with E-state index in [4.69, 9.17) is 4.52 Å². The summed E-state index contributed by atoms with van der Waals surface area (Å²) < 4.78 is 18.6. The Morgan fingerprint density at radius 1 is 1.19 bits per heavy atom. The monoisotopic (exact) mass is 380 g/mol. The molecule has 0 fully saturated rings. The fraction of sp³-hybridized carbons (Fsp3) is 0.500. The van der Waals surface area contributed by atoms with Gasteiger partial charge >= 0.3 is 0 Å². The lowest BCUT2D eigenvalue weighted by Crippen LogP contribution is -2.37. The highest BCUT2D eigenvalue weighted by molar-refractivity contribution is 7.59. The zero-order valence-corrected chi connectivity index (χ0v) is 16.0. The minimum atomic E-state index is -3.57. The van der Waals surface area contributed by atoms with Gasteiger partial charge in [0.05, 0.1) is 17.7 Å². The molecule has 8 heteroatoms. The van der Waals surface area contributed by atoms with Gasteiger partial charge in [-0.1, -0.05) is 26.0 Å². The van der Waals surface area contributed by atoms with Crippen molar-refractivity contribution in [3.05, 3.63) is 35.4 Å². The van der Waals surface area contributed by atoms with Crippen LogP contribution < -0.4 is 5.11 Å². The molecule has 1 aliphatic rings. The minimum absolute atomic E-state index is 0.0623. The Balaban J connectivity index is 2.25. The molecule has 0 aliphatic carbocycles. The molecule has 0 saturated heterocycles. The normalized spacial score (nSPS) is 17.3. The van der Waals surface area contributed by atoms with Crippen LogP contribution in [0.15, 0.2) is 24.3 Å². The van der Waals surface area contributed by atoms with Gasteiger partial charge in [-0.05, 0) is 31.4 Å². The second kappa shape index (κ2) is 8.14. The number of nitrogens with zero attached hydrogens (tertiary/aromatic N) is 1. The number of hydrogen-bond donors (Lipinski definition) is 0. The number of benzene rings is 1. The number of aliphatic carboxylic acids is 1. The van der Waals surface area contributed by atoms with E-state index >= 15 is 0 Å². The molecule has 7 nitrogen and oxygen atoms in total. The van der Waals surface area contributed by atoms with Crippen LogP contribution in [0.2, 0.25) is 0 Å². The Morgan fingerprint density at radius 2 is 1.73 bits per heavy atom. The molecule has 0 radical (unpaired) electrons. The third-order valence-corrected chi connectivity index (χ3v) is 6.63. The SMILES string of the molecule is CCOP(=O)(CC(CC(C)C)C(=O)[O-])CN1C(=O)c2ccccc2C1=O. The highest BCUT2D eigenvalue weighted by atomic mass is 31.2. The van der Waals surface area contributed by atoms with E-state index in [1.807, 2.05) is 13.8 Å². The number of carboxylic acid groups (broad SMARTS) is 1. The molecule has 1 heterocycles. The molecule has 0 N–H and O–H groups in total. The summed E-state index contributed by atoms with van der Waals surface area (Å²) in [6.07, 6.45) is -0.425. The van der Waals surface area contributed by atoms with Gasteiger partial charge in [0.1, 0.15) is 6.29 Å². The van der Waals surface area contributed by atoms with Gasteiger partial charge in [-0.2, -0.15) is 0 Å². The molecule has 1 aromatic carbocycles. The van der Waals surface area contributed by atoms with Crippen molar-refractivity contribution in [1.29, 1.82) is 0 Å². The smallest absolute Gasteiger partial charge is 0.262 e. The van der Waals surface area contributed by atoms with E-state index in [-0.39, 0.29) is 36.2 Å². The predicted octanol–water partition coefficient (Wildman–Crippen LogP) is 1.97. The van der Waals surface area contributed by atoms with E-state index < -0.39 is 37.4 Å². The van der Waals surface area contributed by atoms with Crippen molar-refractivity contribution < 1.29 is 28.6 Å². The van der Waals surface area contributed by atoms with Gasteiger partial charge in [-0.3, -0.25) is 19.1 Å². The third kappa shape index (κ3) is 4.40. The number of carboxylic acids is 1. The van der Waals surface area contributed by atoms with Crippen LogP contribution in [-0.4, -0.2) is 41.7 Å². The van der Waals surface area contributed by atoms with E-state index in [1.54, 1.807) is 19.1 Å². The largest absolute Gasteiger partial charge is 0.550 e. The Morgan fingerprint density at radius 3 is 2.15 bits per heavy atom. The fourth-order valence-electron chi connectivity index (χ4n) is 3.12. The third-order valence-electron chi connectivity index (χ3n) is 4.19. The number of rotatable bonds is 9. The van der Waals surface area contributed by atoms with E-state index in [2.05, 4.69) is 0 Å². The maximum Gasteiger partial charge on any atom is 0.262 e. The Bertz CT molecular complexity index is 725. The molecule has 0 bridgehead atoms. The lowest BCUT2D eigenvalue weighted by molar-refractivity contribution is -0.311. The average molecular weight is 380 g/mol. The number of carbonyl (C=O) groups excluding carboxylic acids is 3. The molecule has 2 rings (SSSR count). The molecule has 26 heavy (non-hydrogen) atoms. The van der Waals surface area contributed by atoms with E-state index in [0.29, 0.717) is 0 Å². The molecular formula is C18H23NO6P-. The van der Waals surface area contributed by atoms with Gasteiger partial charge in [0.2, 0.25) is 7.37 Å². The number of fused-ring (bicyclic) bond motifs is 1. The summed E-state index contributed by atoms with van der Waals surface area (Å²) in [5, 5.41) is 11.4. The summed E-state index contributed by atoms with van der Waals surface area (Å²) >= 11 is 0. The first-order chi connectivity index (χ1) is 12.2. The van der Waals surface area contributed by atoms with Crippen LogP contribution in [0.25, 0.3) is 0 Å². The summed E-state index contributed by atoms with van der Waals surface area (Å²) in [7, 11) is -3.57. The van der Waals surface area contributed by atoms with Crippen LogP contribution in [0.5, 0.6) is 0 Å². The van der Waals surface area contributed by atoms with Crippen molar-refractivity contribution in [1.82, 2.24) is 4.90 Å². The second-order valence-electron chi connectivity index (χ2n) is 6.79. The van der Waals surface area contributed by atoms with E-state index in [0.717, 1.165) is 4.90 Å². The minimum Gasteiger partial charge on any atom is -0.550 e. The Labute approximate surface area is 152 Å². The number of imide groups is 1. The van der Waals surface area contributed by atoms with Crippen molar-refractivity contribution in [2.45, 2.75) is 27.2 Å². The molecule has 0 saturated carbocycles. The molecule has 0 aromatic heterocycles. The molecule has 2 unspecified atom stereocenters. The van der Waals surface area contributed by atoms with Gasteiger partial charge in [0, 0.05) is 18.0 Å². The zero-order valence-electron chi connectivity index (χ0n) is 15.1.